The molecule has 0 spiro atoms. The Labute approximate surface area is 198 Å². The number of hydrogen-bond acceptors (Lipinski definition) is 6. The highest BCUT2D eigenvalue weighted by Crippen LogP contribution is 2.30. The lowest BCUT2D eigenvalue weighted by molar-refractivity contribution is 0.220. The Morgan fingerprint density at radius 2 is 1.82 bits per heavy atom. The van der Waals surface area contributed by atoms with E-state index in [4.69, 9.17) is 4.74 Å². The summed E-state index contributed by atoms with van der Waals surface area (Å²) >= 11 is 0. The molecule has 1 saturated heterocycles. The molecule has 0 bridgehead atoms. The Bertz CT molecular complexity index is 1290. The summed E-state index contributed by atoms with van der Waals surface area (Å²) in [5.41, 5.74) is 2.45. The third-order valence-corrected chi connectivity index (χ3v) is 6.44. The Balaban J connectivity index is 1.61. The molecule has 0 unspecified atom stereocenters. The number of pyridine rings is 1. The van der Waals surface area contributed by atoms with Gasteiger partial charge in [0.1, 0.15) is 11.8 Å². The van der Waals surface area contributed by atoms with Crippen molar-refractivity contribution in [3.05, 3.63) is 81.9 Å². The van der Waals surface area contributed by atoms with Crippen LogP contribution in [0.2, 0.25) is 0 Å². The van der Waals surface area contributed by atoms with Gasteiger partial charge in [-0.05, 0) is 73.1 Å². The van der Waals surface area contributed by atoms with E-state index in [0.717, 1.165) is 48.1 Å². The van der Waals surface area contributed by atoms with Gasteiger partial charge in [0.2, 0.25) is 0 Å². The molecule has 1 fully saturated rings. The van der Waals surface area contributed by atoms with E-state index in [-0.39, 0.29) is 11.6 Å². The maximum absolute atomic E-state index is 13.4. The highest BCUT2D eigenvalue weighted by molar-refractivity contribution is 5.80. The van der Waals surface area contributed by atoms with Crippen molar-refractivity contribution in [1.82, 2.24) is 30.1 Å². The second-order valence-corrected chi connectivity index (χ2v) is 8.77. The number of ether oxygens (including phenoxy) is 1. The summed E-state index contributed by atoms with van der Waals surface area (Å²) in [7, 11) is 0. The molecular weight excluding hydrogens is 428 g/mol. The zero-order valence-electron chi connectivity index (χ0n) is 19.5. The molecule has 5 rings (SSSR count). The van der Waals surface area contributed by atoms with Crippen LogP contribution in [0.5, 0.6) is 5.75 Å². The second-order valence-electron chi connectivity index (χ2n) is 8.77. The first-order chi connectivity index (χ1) is 16.7. The topological polar surface area (TPSA) is 88.9 Å². The number of fused-ring (bicyclic) bond motifs is 1. The summed E-state index contributed by atoms with van der Waals surface area (Å²) in [6, 6.07) is 17.5. The molecule has 0 saturated carbocycles. The summed E-state index contributed by atoms with van der Waals surface area (Å²) in [5.74, 6) is 1.48. The molecule has 4 aromatic rings. The van der Waals surface area contributed by atoms with Crippen molar-refractivity contribution in [2.45, 2.75) is 45.2 Å². The van der Waals surface area contributed by atoms with Crippen LogP contribution in [0.15, 0.2) is 59.4 Å². The molecule has 34 heavy (non-hydrogen) atoms. The van der Waals surface area contributed by atoms with Crippen LogP contribution >= 0.6 is 0 Å². The number of benzene rings is 2. The molecule has 0 aliphatic carbocycles. The molecule has 176 valence electrons. The van der Waals surface area contributed by atoms with E-state index in [0.29, 0.717) is 24.5 Å². The molecule has 1 aliphatic heterocycles. The highest BCUT2D eigenvalue weighted by atomic mass is 16.5. The Morgan fingerprint density at radius 1 is 1.03 bits per heavy atom. The summed E-state index contributed by atoms with van der Waals surface area (Å²) in [5, 5.41) is 13.7. The van der Waals surface area contributed by atoms with Crippen LogP contribution in [0.1, 0.15) is 55.6 Å². The molecule has 1 aliphatic rings. The molecule has 1 atom stereocenters. The standard InChI is InChI=1S/C26H30N6O2/c1-2-34-21-12-13-23-20(16-21)17-22(26(33)27-23)24(31-14-8-3-4-9-15-31)25-28-29-30-32(25)18-19-10-6-5-7-11-19/h5-7,10-13,16-17,24H,2-4,8-9,14-15,18H2,1H3,(H,27,33)/t24-/m1/s1. The van der Waals surface area contributed by atoms with E-state index in [1.807, 2.05) is 54.1 Å². The molecule has 0 radical (unpaired) electrons. The maximum atomic E-state index is 13.4. The van der Waals surface area contributed by atoms with Gasteiger partial charge in [0.15, 0.2) is 5.82 Å². The van der Waals surface area contributed by atoms with Crippen LogP contribution in [0.25, 0.3) is 10.9 Å². The predicted octanol–water partition coefficient (Wildman–Crippen LogP) is 3.93. The van der Waals surface area contributed by atoms with Gasteiger partial charge in [-0.2, -0.15) is 0 Å². The third-order valence-electron chi connectivity index (χ3n) is 6.44. The zero-order chi connectivity index (χ0) is 23.3. The summed E-state index contributed by atoms with van der Waals surface area (Å²) in [6.45, 7) is 4.91. The van der Waals surface area contributed by atoms with Crippen molar-refractivity contribution in [3.8, 4) is 5.75 Å². The quantitative estimate of drug-likeness (QED) is 0.451. The van der Waals surface area contributed by atoms with Crippen molar-refractivity contribution >= 4 is 10.9 Å². The largest absolute Gasteiger partial charge is 0.494 e. The summed E-state index contributed by atoms with van der Waals surface area (Å²) < 4.78 is 7.52. The fourth-order valence-corrected chi connectivity index (χ4v) is 4.79. The van der Waals surface area contributed by atoms with Crippen molar-refractivity contribution in [2.24, 2.45) is 0 Å². The van der Waals surface area contributed by atoms with E-state index in [1.165, 1.54) is 12.8 Å². The minimum atomic E-state index is -0.333. The van der Waals surface area contributed by atoms with E-state index in [2.05, 4.69) is 37.5 Å². The summed E-state index contributed by atoms with van der Waals surface area (Å²) in [6.07, 6.45) is 4.58. The van der Waals surface area contributed by atoms with Crippen molar-refractivity contribution < 1.29 is 4.74 Å². The van der Waals surface area contributed by atoms with E-state index in [1.54, 1.807) is 0 Å². The van der Waals surface area contributed by atoms with Gasteiger partial charge in [-0.1, -0.05) is 43.2 Å². The monoisotopic (exact) mass is 458 g/mol. The lowest BCUT2D eigenvalue weighted by atomic mass is 10.0. The van der Waals surface area contributed by atoms with Crippen LogP contribution in [-0.4, -0.2) is 49.8 Å². The lowest BCUT2D eigenvalue weighted by Gasteiger charge is -2.29. The molecule has 2 aromatic carbocycles. The van der Waals surface area contributed by atoms with Gasteiger partial charge in [0.25, 0.3) is 5.56 Å². The van der Waals surface area contributed by atoms with Gasteiger partial charge >= 0.3 is 0 Å². The number of hydrogen-bond donors (Lipinski definition) is 1. The van der Waals surface area contributed by atoms with Gasteiger partial charge in [-0.25, -0.2) is 4.68 Å². The van der Waals surface area contributed by atoms with E-state index >= 15 is 0 Å². The van der Waals surface area contributed by atoms with Crippen molar-refractivity contribution in [2.75, 3.05) is 19.7 Å². The first kappa shape index (κ1) is 22.3. The minimum absolute atomic E-state index is 0.111. The number of nitrogens with one attached hydrogen (secondary N) is 1. The van der Waals surface area contributed by atoms with Crippen molar-refractivity contribution in [3.63, 3.8) is 0 Å². The van der Waals surface area contributed by atoms with Crippen LogP contribution in [-0.2, 0) is 6.54 Å². The lowest BCUT2D eigenvalue weighted by Crippen LogP contribution is -2.36. The fourth-order valence-electron chi connectivity index (χ4n) is 4.79. The number of rotatable bonds is 7. The number of H-pyrrole nitrogens is 1. The maximum Gasteiger partial charge on any atom is 0.253 e. The average Bonchev–Trinajstić information content (AvgIpc) is 3.12. The smallest absolute Gasteiger partial charge is 0.253 e. The number of likely N-dealkylation sites (tertiary alicyclic amines) is 1. The summed E-state index contributed by atoms with van der Waals surface area (Å²) in [4.78, 5) is 18.8. The van der Waals surface area contributed by atoms with Crippen LogP contribution in [0, 0.1) is 0 Å². The molecule has 0 amide bonds. The third kappa shape index (κ3) is 4.72. The average molecular weight is 459 g/mol. The minimum Gasteiger partial charge on any atom is -0.494 e. The van der Waals surface area contributed by atoms with Gasteiger partial charge in [-0.3, -0.25) is 9.69 Å². The van der Waals surface area contributed by atoms with Gasteiger partial charge in [0, 0.05) is 16.5 Å². The normalized spacial score (nSPS) is 15.8. The van der Waals surface area contributed by atoms with Crippen LogP contribution in [0.4, 0.5) is 0 Å². The molecule has 8 heteroatoms. The number of aromatic amines is 1. The zero-order valence-corrected chi connectivity index (χ0v) is 19.5. The molecule has 3 heterocycles. The van der Waals surface area contributed by atoms with Gasteiger partial charge in [0.05, 0.1) is 13.2 Å². The Morgan fingerprint density at radius 3 is 2.59 bits per heavy atom. The van der Waals surface area contributed by atoms with Crippen LogP contribution < -0.4 is 10.3 Å². The first-order valence-electron chi connectivity index (χ1n) is 12.1. The number of tetrazole rings is 1. The highest BCUT2D eigenvalue weighted by Gasteiger charge is 2.31. The molecular formula is C26H30N6O2. The molecule has 8 nitrogen and oxygen atoms in total. The second kappa shape index (κ2) is 10.2. The Kier molecular flexibility index (Phi) is 6.67. The predicted molar refractivity (Wildman–Crippen MR) is 131 cm³/mol. The number of nitrogens with zero attached hydrogens (tertiary/aromatic N) is 5. The number of aromatic nitrogens is 5. The molecule has 1 N–H and O–H groups in total. The molecule has 2 aromatic heterocycles. The first-order valence-corrected chi connectivity index (χ1v) is 12.1. The SMILES string of the molecule is CCOc1ccc2[nH]c(=O)c([C@H](c3nnnn3Cc3ccccc3)N3CCCCCC3)cc2c1. The Hall–Kier alpha value is -3.52. The van der Waals surface area contributed by atoms with E-state index < -0.39 is 0 Å². The van der Waals surface area contributed by atoms with Gasteiger partial charge in [-0.15, -0.1) is 5.10 Å². The van der Waals surface area contributed by atoms with Crippen molar-refractivity contribution in [1.29, 1.82) is 0 Å². The fraction of sp³-hybridized carbons (Fsp3) is 0.385. The van der Waals surface area contributed by atoms with Gasteiger partial charge < -0.3 is 9.72 Å². The van der Waals surface area contributed by atoms with Crippen LogP contribution in [0.3, 0.4) is 0 Å². The van der Waals surface area contributed by atoms with E-state index in [9.17, 15) is 4.79 Å².